The fourth-order valence-electron chi connectivity index (χ4n) is 2.27. The normalized spacial score (nSPS) is 10.1. The van der Waals surface area contributed by atoms with Crippen molar-refractivity contribution in [1.29, 1.82) is 5.26 Å². The molecule has 0 atom stereocenters. The number of anilines is 2. The number of hydrogen-bond donors (Lipinski definition) is 1. The molecule has 0 aromatic heterocycles. The van der Waals surface area contributed by atoms with Gasteiger partial charge in [0, 0.05) is 11.4 Å². The van der Waals surface area contributed by atoms with Crippen LogP contribution in [-0.2, 0) is 12.8 Å². The molecule has 2 aromatic rings. The summed E-state index contributed by atoms with van der Waals surface area (Å²) in [6.45, 7) is 4.18. The van der Waals surface area contributed by atoms with Gasteiger partial charge in [-0.2, -0.15) is 5.26 Å². The Morgan fingerprint density at radius 3 is 2.30 bits per heavy atom. The van der Waals surface area contributed by atoms with E-state index in [0.717, 1.165) is 18.5 Å². The Morgan fingerprint density at radius 1 is 1.10 bits per heavy atom. The quantitative estimate of drug-likeness (QED) is 0.882. The van der Waals surface area contributed by atoms with E-state index in [4.69, 9.17) is 5.26 Å². The highest BCUT2D eigenvalue weighted by Crippen LogP contribution is 2.27. The van der Waals surface area contributed by atoms with Gasteiger partial charge in [-0.3, -0.25) is 0 Å². The first-order valence-electron chi connectivity index (χ1n) is 6.76. The van der Waals surface area contributed by atoms with Crippen molar-refractivity contribution < 1.29 is 4.39 Å². The summed E-state index contributed by atoms with van der Waals surface area (Å²) in [7, 11) is 0. The van der Waals surface area contributed by atoms with Crippen molar-refractivity contribution in [3.63, 3.8) is 0 Å². The minimum absolute atomic E-state index is 0.319. The minimum atomic E-state index is -0.404. The maximum atomic E-state index is 13.5. The minimum Gasteiger partial charge on any atom is -0.355 e. The highest BCUT2D eigenvalue weighted by Gasteiger charge is 2.08. The van der Waals surface area contributed by atoms with Gasteiger partial charge in [-0.15, -0.1) is 0 Å². The number of benzene rings is 2. The second-order valence-electron chi connectivity index (χ2n) is 4.62. The third-order valence-corrected chi connectivity index (χ3v) is 3.30. The molecule has 0 aliphatic rings. The van der Waals surface area contributed by atoms with Gasteiger partial charge in [0.1, 0.15) is 5.82 Å². The van der Waals surface area contributed by atoms with Gasteiger partial charge in [0.05, 0.1) is 11.6 Å². The summed E-state index contributed by atoms with van der Waals surface area (Å²) in [6.07, 6.45) is 1.80. The van der Waals surface area contributed by atoms with E-state index in [0.29, 0.717) is 11.3 Å². The number of nitrogens with one attached hydrogen (secondary N) is 1. The Hall–Kier alpha value is -2.34. The Bertz CT molecular complexity index is 634. The average Bonchev–Trinajstić information content (AvgIpc) is 2.46. The molecule has 0 radical (unpaired) electrons. The fourth-order valence-corrected chi connectivity index (χ4v) is 2.27. The van der Waals surface area contributed by atoms with Gasteiger partial charge in [-0.1, -0.05) is 32.0 Å². The number of para-hydroxylation sites is 1. The first kappa shape index (κ1) is 14.1. The Morgan fingerprint density at radius 2 is 1.75 bits per heavy atom. The molecule has 20 heavy (non-hydrogen) atoms. The molecule has 1 N–H and O–H groups in total. The van der Waals surface area contributed by atoms with Gasteiger partial charge in [-0.05, 0) is 42.2 Å². The lowest BCUT2D eigenvalue weighted by molar-refractivity contribution is 0.628. The van der Waals surface area contributed by atoms with Crippen molar-refractivity contribution in [3.05, 3.63) is 58.9 Å². The predicted molar refractivity (Wildman–Crippen MR) is 79.6 cm³/mol. The van der Waals surface area contributed by atoms with Crippen LogP contribution in [0.3, 0.4) is 0 Å². The standard InChI is InChI=1S/C17H17FN2/c1-3-13-6-5-7-14(4-2)17(13)20-16-9-12(11-19)8-15(18)10-16/h5-10,20H,3-4H2,1-2H3. The molecule has 0 aliphatic heterocycles. The zero-order valence-electron chi connectivity index (χ0n) is 11.7. The van der Waals surface area contributed by atoms with E-state index in [1.807, 2.05) is 12.1 Å². The summed E-state index contributed by atoms with van der Waals surface area (Å²) in [5.41, 5.74) is 4.32. The largest absolute Gasteiger partial charge is 0.355 e. The molecule has 102 valence electrons. The Balaban J connectivity index is 2.44. The summed E-state index contributed by atoms with van der Waals surface area (Å²) >= 11 is 0. The van der Waals surface area contributed by atoms with Crippen LogP contribution in [0.25, 0.3) is 0 Å². The molecule has 0 aliphatic carbocycles. The number of halogens is 1. The molecule has 2 aromatic carbocycles. The summed E-state index contributed by atoms with van der Waals surface area (Å²) in [5.74, 6) is -0.404. The van der Waals surface area contributed by atoms with E-state index in [9.17, 15) is 4.39 Å². The molecular weight excluding hydrogens is 251 g/mol. The van der Waals surface area contributed by atoms with E-state index < -0.39 is 5.82 Å². The lowest BCUT2D eigenvalue weighted by atomic mass is 10.0. The SMILES string of the molecule is CCc1cccc(CC)c1Nc1cc(F)cc(C#N)c1. The molecule has 3 heteroatoms. The molecule has 2 nitrogen and oxygen atoms in total. The van der Waals surface area contributed by atoms with Crippen LogP contribution >= 0.6 is 0 Å². The smallest absolute Gasteiger partial charge is 0.126 e. The van der Waals surface area contributed by atoms with E-state index in [1.165, 1.54) is 23.3 Å². The monoisotopic (exact) mass is 268 g/mol. The first-order chi connectivity index (χ1) is 9.67. The van der Waals surface area contributed by atoms with Crippen LogP contribution in [0.2, 0.25) is 0 Å². The summed E-state index contributed by atoms with van der Waals surface area (Å²) < 4.78 is 13.5. The maximum Gasteiger partial charge on any atom is 0.126 e. The van der Waals surface area contributed by atoms with Crippen LogP contribution in [0.1, 0.15) is 30.5 Å². The summed E-state index contributed by atoms with van der Waals surface area (Å²) in [4.78, 5) is 0. The molecule has 0 saturated heterocycles. The van der Waals surface area contributed by atoms with Gasteiger partial charge in [-0.25, -0.2) is 4.39 Å². The lowest BCUT2D eigenvalue weighted by Gasteiger charge is -2.15. The highest BCUT2D eigenvalue weighted by molar-refractivity contribution is 5.68. The molecule has 0 unspecified atom stereocenters. The third kappa shape index (κ3) is 2.97. The Labute approximate surface area is 118 Å². The van der Waals surface area contributed by atoms with Gasteiger partial charge in [0.15, 0.2) is 0 Å². The van der Waals surface area contributed by atoms with Crippen molar-refractivity contribution in [1.82, 2.24) is 0 Å². The van der Waals surface area contributed by atoms with E-state index >= 15 is 0 Å². The molecule has 0 saturated carbocycles. The van der Waals surface area contributed by atoms with Crippen LogP contribution in [0, 0.1) is 17.1 Å². The van der Waals surface area contributed by atoms with Crippen LogP contribution in [-0.4, -0.2) is 0 Å². The molecule has 0 fully saturated rings. The molecule has 0 bridgehead atoms. The van der Waals surface area contributed by atoms with E-state index in [1.54, 1.807) is 6.07 Å². The second kappa shape index (κ2) is 6.21. The van der Waals surface area contributed by atoms with Crippen molar-refractivity contribution >= 4 is 11.4 Å². The Kier molecular flexibility index (Phi) is 4.37. The predicted octanol–water partition coefficient (Wildman–Crippen LogP) is 4.57. The zero-order chi connectivity index (χ0) is 14.5. The molecule has 2 rings (SSSR count). The molecule has 0 amide bonds. The number of nitrogens with zero attached hydrogens (tertiary/aromatic N) is 1. The van der Waals surface area contributed by atoms with Crippen molar-refractivity contribution in [2.45, 2.75) is 26.7 Å². The number of aryl methyl sites for hydroxylation is 2. The highest BCUT2D eigenvalue weighted by atomic mass is 19.1. The van der Waals surface area contributed by atoms with Crippen molar-refractivity contribution in [2.75, 3.05) is 5.32 Å². The van der Waals surface area contributed by atoms with Crippen LogP contribution in [0.4, 0.5) is 15.8 Å². The molecule has 0 spiro atoms. The third-order valence-electron chi connectivity index (χ3n) is 3.30. The molecule has 0 heterocycles. The fraction of sp³-hybridized carbons (Fsp3) is 0.235. The maximum absolute atomic E-state index is 13.5. The van der Waals surface area contributed by atoms with Crippen molar-refractivity contribution in [2.24, 2.45) is 0 Å². The van der Waals surface area contributed by atoms with E-state index in [2.05, 4.69) is 31.3 Å². The summed E-state index contributed by atoms with van der Waals surface area (Å²) in [6, 6.07) is 12.4. The molecular formula is C17H17FN2. The van der Waals surface area contributed by atoms with Gasteiger partial charge < -0.3 is 5.32 Å². The lowest BCUT2D eigenvalue weighted by Crippen LogP contribution is -2.00. The zero-order valence-corrected chi connectivity index (χ0v) is 11.7. The summed E-state index contributed by atoms with van der Waals surface area (Å²) in [5, 5.41) is 12.2. The van der Waals surface area contributed by atoms with Crippen molar-refractivity contribution in [3.8, 4) is 6.07 Å². The van der Waals surface area contributed by atoms with Crippen LogP contribution in [0.5, 0.6) is 0 Å². The number of rotatable bonds is 4. The number of nitriles is 1. The average molecular weight is 268 g/mol. The van der Waals surface area contributed by atoms with Crippen LogP contribution in [0.15, 0.2) is 36.4 Å². The van der Waals surface area contributed by atoms with Gasteiger partial charge in [0.2, 0.25) is 0 Å². The second-order valence-corrected chi connectivity index (χ2v) is 4.62. The van der Waals surface area contributed by atoms with Gasteiger partial charge in [0.25, 0.3) is 0 Å². The number of hydrogen-bond acceptors (Lipinski definition) is 2. The van der Waals surface area contributed by atoms with Crippen LogP contribution < -0.4 is 5.32 Å². The first-order valence-corrected chi connectivity index (χ1v) is 6.76. The van der Waals surface area contributed by atoms with Gasteiger partial charge >= 0.3 is 0 Å². The topological polar surface area (TPSA) is 35.8 Å². The van der Waals surface area contributed by atoms with E-state index in [-0.39, 0.29) is 0 Å².